The number of ether oxygens (including phenoxy) is 1. The Balaban J connectivity index is 2.17. The van der Waals surface area contributed by atoms with Crippen molar-refractivity contribution in [1.82, 2.24) is 4.90 Å². The maximum absolute atomic E-state index is 12.4. The summed E-state index contributed by atoms with van der Waals surface area (Å²) in [5.41, 5.74) is 0.615. The molecule has 0 aliphatic carbocycles. The van der Waals surface area contributed by atoms with Gasteiger partial charge in [0, 0.05) is 20.0 Å². The minimum Gasteiger partial charge on any atom is -0.495 e. The second-order valence-electron chi connectivity index (χ2n) is 5.54. The SMILES string of the molecule is COc1ccccc1N1CC(C(=O)N(C)C(C)C(=O)O)CC1=O. The Morgan fingerprint density at radius 2 is 2.04 bits per heavy atom. The summed E-state index contributed by atoms with van der Waals surface area (Å²) < 4.78 is 5.25. The lowest BCUT2D eigenvalue weighted by Gasteiger charge is -2.25. The molecule has 1 fully saturated rings. The number of amides is 2. The van der Waals surface area contributed by atoms with Crippen LogP contribution in [0.2, 0.25) is 0 Å². The van der Waals surface area contributed by atoms with Crippen LogP contribution >= 0.6 is 0 Å². The first kappa shape index (κ1) is 16.8. The maximum atomic E-state index is 12.4. The van der Waals surface area contributed by atoms with Crippen LogP contribution in [0.4, 0.5) is 5.69 Å². The quantitative estimate of drug-likeness (QED) is 0.874. The van der Waals surface area contributed by atoms with E-state index in [-0.39, 0.29) is 24.8 Å². The van der Waals surface area contributed by atoms with Crippen LogP contribution in [0.5, 0.6) is 5.75 Å². The topological polar surface area (TPSA) is 87.2 Å². The number of hydrogen-bond donors (Lipinski definition) is 1. The highest BCUT2D eigenvalue weighted by atomic mass is 16.5. The third-order valence-electron chi connectivity index (χ3n) is 4.14. The monoisotopic (exact) mass is 320 g/mol. The smallest absolute Gasteiger partial charge is 0.326 e. The lowest BCUT2D eigenvalue weighted by atomic mass is 10.1. The zero-order valence-electron chi connectivity index (χ0n) is 13.4. The summed E-state index contributed by atoms with van der Waals surface area (Å²) in [4.78, 5) is 38.4. The van der Waals surface area contributed by atoms with E-state index in [9.17, 15) is 14.4 Å². The van der Waals surface area contributed by atoms with Crippen molar-refractivity contribution in [1.29, 1.82) is 0 Å². The van der Waals surface area contributed by atoms with E-state index in [1.807, 2.05) is 0 Å². The molecule has 0 radical (unpaired) electrons. The van der Waals surface area contributed by atoms with Crippen molar-refractivity contribution in [2.45, 2.75) is 19.4 Å². The molecule has 1 aromatic rings. The molecule has 2 unspecified atom stereocenters. The Bertz CT molecular complexity index is 631. The second-order valence-corrected chi connectivity index (χ2v) is 5.54. The molecule has 1 heterocycles. The van der Waals surface area contributed by atoms with E-state index in [0.29, 0.717) is 11.4 Å². The molecule has 2 rings (SSSR count). The van der Waals surface area contributed by atoms with Crippen molar-refractivity contribution in [3.63, 3.8) is 0 Å². The summed E-state index contributed by atoms with van der Waals surface area (Å²) in [6.07, 6.45) is 0.0631. The van der Waals surface area contributed by atoms with Gasteiger partial charge in [0.2, 0.25) is 11.8 Å². The normalized spacial score (nSPS) is 18.7. The Morgan fingerprint density at radius 3 is 2.65 bits per heavy atom. The lowest BCUT2D eigenvalue weighted by Crippen LogP contribution is -2.43. The minimum absolute atomic E-state index is 0.0631. The van der Waals surface area contributed by atoms with Crippen molar-refractivity contribution >= 4 is 23.5 Å². The molecule has 0 saturated carbocycles. The number of carboxylic acids is 1. The molecule has 7 nitrogen and oxygen atoms in total. The number of carboxylic acid groups (broad SMARTS) is 1. The van der Waals surface area contributed by atoms with Crippen molar-refractivity contribution in [3.8, 4) is 5.75 Å². The molecule has 1 aliphatic rings. The van der Waals surface area contributed by atoms with E-state index < -0.39 is 17.9 Å². The Labute approximate surface area is 134 Å². The zero-order chi connectivity index (χ0) is 17.1. The van der Waals surface area contributed by atoms with Crippen LogP contribution in [-0.4, -0.2) is 54.5 Å². The molecule has 2 amide bonds. The van der Waals surface area contributed by atoms with Gasteiger partial charge in [0.05, 0.1) is 18.7 Å². The van der Waals surface area contributed by atoms with Crippen LogP contribution in [0.1, 0.15) is 13.3 Å². The molecule has 1 N–H and O–H groups in total. The molecule has 1 aromatic carbocycles. The van der Waals surface area contributed by atoms with Crippen molar-refractivity contribution in [2.24, 2.45) is 5.92 Å². The van der Waals surface area contributed by atoms with Gasteiger partial charge in [-0.15, -0.1) is 0 Å². The van der Waals surface area contributed by atoms with Gasteiger partial charge < -0.3 is 19.6 Å². The van der Waals surface area contributed by atoms with Crippen LogP contribution in [0, 0.1) is 5.92 Å². The summed E-state index contributed by atoms with van der Waals surface area (Å²) in [5.74, 6) is -1.60. The van der Waals surface area contributed by atoms with Crippen molar-refractivity contribution in [2.75, 3.05) is 25.6 Å². The van der Waals surface area contributed by atoms with Gasteiger partial charge in [-0.1, -0.05) is 12.1 Å². The molecule has 124 valence electrons. The fourth-order valence-corrected chi connectivity index (χ4v) is 2.60. The van der Waals surface area contributed by atoms with Gasteiger partial charge in [-0.3, -0.25) is 9.59 Å². The lowest BCUT2D eigenvalue weighted by molar-refractivity contribution is -0.149. The Hall–Kier alpha value is -2.57. The summed E-state index contributed by atoms with van der Waals surface area (Å²) >= 11 is 0. The van der Waals surface area contributed by atoms with Gasteiger partial charge in [0.25, 0.3) is 0 Å². The van der Waals surface area contributed by atoms with Crippen molar-refractivity contribution in [3.05, 3.63) is 24.3 Å². The number of aliphatic carboxylic acids is 1. The third kappa shape index (κ3) is 3.28. The Morgan fingerprint density at radius 1 is 1.39 bits per heavy atom. The number of anilines is 1. The molecular formula is C16H20N2O5. The number of para-hydroxylation sites is 2. The standard InChI is InChI=1S/C16H20N2O5/c1-10(16(21)22)17(2)15(20)11-8-14(19)18(9-11)12-6-4-5-7-13(12)23-3/h4-7,10-11H,8-9H2,1-3H3,(H,21,22). The van der Waals surface area contributed by atoms with Gasteiger partial charge in [-0.25, -0.2) is 4.79 Å². The van der Waals surface area contributed by atoms with Crippen LogP contribution in [-0.2, 0) is 14.4 Å². The van der Waals surface area contributed by atoms with E-state index in [4.69, 9.17) is 9.84 Å². The largest absolute Gasteiger partial charge is 0.495 e. The van der Waals surface area contributed by atoms with Gasteiger partial charge in [-0.05, 0) is 19.1 Å². The molecule has 0 bridgehead atoms. The zero-order valence-corrected chi connectivity index (χ0v) is 13.4. The van der Waals surface area contributed by atoms with E-state index in [2.05, 4.69) is 0 Å². The predicted octanol–water partition coefficient (Wildman–Crippen LogP) is 0.980. The molecule has 1 aliphatic heterocycles. The first-order valence-electron chi connectivity index (χ1n) is 7.29. The average molecular weight is 320 g/mol. The highest BCUT2D eigenvalue weighted by Gasteiger charge is 2.38. The fraction of sp³-hybridized carbons (Fsp3) is 0.438. The number of carbonyl (C=O) groups is 3. The minimum atomic E-state index is -1.08. The summed E-state index contributed by atoms with van der Waals surface area (Å²) in [7, 11) is 2.96. The number of carbonyl (C=O) groups excluding carboxylic acids is 2. The molecule has 0 spiro atoms. The number of methoxy groups -OCH3 is 1. The second kappa shape index (κ2) is 6.68. The summed E-state index contributed by atoms with van der Waals surface area (Å²) in [5, 5.41) is 9.01. The average Bonchev–Trinajstić information content (AvgIpc) is 2.94. The van der Waals surface area contributed by atoms with Crippen molar-refractivity contribution < 1.29 is 24.2 Å². The van der Waals surface area contributed by atoms with E-state index in [1.165, 1.54) is 30.9 Å². The fourth-order valence-electron chi connectivity index (χ4n) is 2.60. The van der Waals surface area contributed by atoms with Crippen LogP contribution in [0.15, 0.2) is 24.3 Å². The molecular weight excluding hydrogens is 300 g/mol. The highest BCUT2D eigenvalue weighted by molar-refractivity contribution is 6.01. The van der Waals surface area contributed by atoms with Gasteiger partial charge >= 0.3 is 5.97 Å². The predicted molar refractivity (Wildman–Crippen MR) is 83.3 cm³/mol. The molecule has 7 heteroatoms. The van der Waals surface area contributed by atoms with E-state index in [0.717, 1.165) is 0 Å². The van der Waals surface area contributed by atoms with Gasteiger partial charge in [0.1, 0.15) is 11.8 Å². The molecule has 2 atom stereocenters. The highest BCUT2D eigenvalue weighted by Crippen LogP contribution is 2.33. The number of nitrogens with zero attached hydrogens (tertiary/aromatic N) is 2. The van der Waals surface area contributed by atoms with Crippen LogP contribution in [0.3, 0.4) is 0 Å². The number of hydrogen-bond acceptors (Lipinski definition) is 4. The number of likely N-dealkylation sites (N-methyl/N-ethyl adjacent to an activating group) is 1. The van der Waals surface area contributed by atoms with Crippen LogP contribution < -0.4 is 9.64 Å². The first-order chi connectivity index (χ1) is 10.9. The molecule has 1 saturated heterocycles. The maximum Gasteiger partial charge on any atom is 0.326 e. The molecule has 23 heavy (non-hydrogen) atoms. The third-order valence-corrected chi connectivity index (χ3v) is 4.14. The first-order valence-corrected chi connectivity index (χ1v) is 7.29. The van der Waals surface area contributed by atoms with Crippen LogP contribution in [0.25, 0.3) is 0 Å². The summed E-state index contributed by atoms with van der Waals surface area (Å²) in [6.45, 7) is 1.66. The van der Waals surface area contributed by atoms with Gasteiger partial charge in [0.15, 0.2) is 0 Å². The van der Waals surface area contributed by atoms with Gasteiger partial charge in [-0.2, -0.15) is 0 Å². The molecule has 0 aromatic heterocycles. The number of benzene rings is 1. The summed E-state index contributed by atoms with van der Waals surface area (Å²) in [6, 6.07) is 6.16. The number of rotatable bonds is 5. The Kier molecular flexibility index (Phi) is 4.88. The van der Waals surface area contributed by atoms with E-state index in [1.54, 1.807) is 24.3 Å². The van der Waals surface area contributed by atoms with E-state index >= 15 is 0 Å².